The van der Waals surface area contributed by atoms with E-state index in [2.05, 4.69) is 12.2 Å². The Morgan fingerprint density at radius 2 is 1.76 bits per heavy atom. The van der Waals surface area contributed by atoms with E-state index in [0.717, 1.165) is 32.4 Å². The molecule has 4 nitrogen and oxygen atoms in total. The molecule has 0 aromatic carbocycles. The molecule has 0 aromatic rings. The summed E-state index contributed by atoms with van der Waals surface area (Å²) in [4.78, 5) is 9.87. The number of rotatable bonds is 7. The van der Waals surface area contributed by atoms with Crippen molar-refractivity contribution in [2.75, 3.05) is 13.1 Å². The largest absolute Gasteiger partial charge is 1.00 e. The Bertz CT molecular complexity index is 120. The van der Waals surface area contributed by atoms with E-state index in [9.17, 15) is 4.79 Å². The van der Waals surface area contributed by atoms with Crippen LogP contribution in [0.2, 0.25) is 0 Å². The zero-order chi connectivity index (χ0) is 13.2. The van der Waals surface area contributed by atoms with Gasteiger partial charge in [0.2, 0.25) is 0 Å². The first-order chi connectivity index (χ1) is 7.68. The van der Waals surface area contributed by atoms with E-state index in [1.165, 1.54) is 0 Å². The molecule has 0 heterocycles. The molecule has 0 radical (unpaired) electrons. The Labute approximate surface area is 117 Å². The third-order valence-corrected chi connectivity index (χ3v) is 1.48. The second-order valence-corrected chi connectivity index (χ2v) is 2.84. The molecule has 0 saturated heterocycles. The maximum atomic E-state index is 9.87. The third kappa shape index (κ3) is 49.2. The summed E-state index contributed by atoms with van der Waals surface area (Å²) in [5, 5.41) is 19.0. The molecule has 0 spiro atoms. The van der Waals surface area contributed by atoms with Crippen molar-refractivity contribution in [1.82, 2.24) is 5.32 Å². The fourth-order valence-electron chi connectivity index (χ4n) is 0.735. The molecule has 110 valence electrons. The summed E-state index contributed by atoms with van der Waals surface area (Å²) in [5.41, 5.74) is 0. The van der Waals surface area contributed by atoms with Gasteiger partial charge in [-0.25, -0.2) is 6.61 Å². The van der Waals surface area contributed by atoms with Crippen molar-refractivity contribution in [1.29, 1.82) is 0 Å². The minimum atomic E-state index is -0.682. The molecule has 0 aromatic heterocycles. The Balaban J connectivity index is -0.0000000844. The van der Waals surface area contributed by atoms with Gasteiger partial charge >= 0.3 is 23.0 Å². The molecule has 0 bridgehead atoms. The average molecular weight is 298 g/mol. The Hall–Kier alpha value is -0.0905. The van der Waals surface area contributed by atoms with Gasteiger partial charge < -0.3 is 15.5 Å². The number of likely N-dealkylation sites (N-methyl/N-ethyl adjacent to an activating group) is 1. The molecular formula is C12H28CuNO3. The number of aliphatic carboxylic acids is 1. The molecule has 0 amide bonds. The van der Waals surface area contributed by atoms with Crippen LogP contribution in [-0.2, 0) is 21.9 Å². The van der Waals surface area contributed by atoms with E-state index in [0.29, 0.717) is 13.0 Å². The van der Waals surface area contributed by atoms with Gasteiger partial charge in [-0.05, 0) is 13.0 Å². The summed E-state index contributed by atoms with van der Waals surface area (Å²) in [7, 11) is 0. The molecule has 0 unspecified atom stereocenters. The van der Waals surface area contributed by atoms with Crippen molar-refractivity contribution in [2.45, 2.75) is 53.4 Å². The van der Waals surface area contributed by atoms with Crippen molar-refractivity contribution in [3.63, 3.8) is 0 Å². The first-order valence-electron chi connectivity index (χ1n) is 6.07. The van der Waals surface area contributed by atoms with Gasteiger partial charge in [0.15, 0.2) is 0 Å². The van der Waals surface area contributed by atoms with Crippen LogP contribution in [0.25, 0.3) is 0 Å². The smallest absolute Gasteiger partial charge is 0.565 e. The van der Waals surface area contributed by atoms with Crippen LogP contribution < -0.4 is 5.32 Å². The van der Waals surface area contributed by atoms with Crippen LogP contribution >= 0.6 is 0 Å². The van der Waals surface area contributed by atoms with Crippen molar-refractivity contribution >= 4 is 5.97 Å². The molecule has 0 aliphatic carbocycles. The number of hydrogen-bond acceptors (Lipinski definition) is 3. The average Bonchev–Trinajstić information content (AvgIpc) is 2.30. The zero-order valence-electron chi connectivity index (χ0n) is 11.4. The molecule has 17 heavy (non-hydrogen) atoms. The maximum Gasteiger partial charge on any atom is 1.00 e. The predicted octanol–water partition coefficient (Wildman–Crippen LogP) is 2.81. The van der Waals surface area contributed by atoms with Gasteiger partial charge in [0.1, 0.15) is 0 Å². The Kier molecular flexibility index (Phi) is 44.9. The third-order valence-electron chi connectivity index (χ3n) is 1.48. The molecule has 0 fully saturated rings. The first kappa shape index (κ1) is 25.7. The van der Waals surface area contributed by atoms with Gasteiger partial charge in [-0.1, -0.05) is 40.5 Å². The van der Waals surface area contributed by atoms with Gasteiger partial charge in [-0.3, -0.25) is 4.79 Å². The standard InChI is InChI=1S/C6H12O2.C4H10NO.C2H6.Cu/c1-2-3-4-5-6(7)8;1-2-5-3-4-6;1-2;/h2-5H2,1H3,(H,7,8);4-6H,2-3H2,1H3;1-2H3;/q;-1;;+1. The van der Waals surface area contributed by atoms with Gasteiger partial charge in [-0.15, -0.1) is 6.54 Å². The molecule has 0 rings (SSSR count). The summed E-state index contributed by atoms with van der Waals surface area (Å²) in [6.45, 7) is 10.7. The van der Waals surface area contributed by atoms with Crippen LogP contribution in [0.1, 0.15) is 53.4 Å². The number of aliphatic hydroxyl groups is 1. The minimum absolute atomic E-state index is 0. The number of unbranched alkanes of at least 4 members (excludes halogenated alkanes) is 2. The molecule has 5 heteroatoms. The fourth-order valence-corrected chi connectivity index (χ4v) is 0.735. The topological polar surface area (TPSA) is 69.6 Å². The van der Waals surface area contributed by atoms with Crippen LogP contribution in [0.4, 0.5) is 0 Å². The number of nitrogens with one attached hydrogen (secondary N) is 1. The van der Waals surface area contributed by atoms with E-state index in [1.807, 2.05) is 20.8 Å². The molecular weight excluding hydrogens is 270 g/mol. The summed E-state index contributed by atoms with van der Waals surface area (Å²) < 4.78 is 0. The molecule has 0 saturated carbocycles. The molecule has 3 N–H and O–H groups in total. The van der Waals surface area contributed by atoms with E-state index < -0.39 is 5.97 Å². The van der Waals surface area contributed by atoms with E-state index >= 15 is 0 Å². The normalized spacial score (nSPS) is 7.82. The van der Waals surface area contributed by atoms with Crippen molar-refractivity contribution in [3.05, 3.63) is 6.61 Å². The van der Waals surface area contributed by atoms with Crippen LogP contribution in [-0.4, -0.2) is 29.3 Å². The van der Waals surface area contributed by atoms with Crippen LogP contribution in [0.5, 0.6) is 0 Å². The maximum absolute atomic E-state index is 9.87. The summed E-state index contributed by atoms with van der Waals surface area (Å²) in [6.07, 6.45) is 3.28. The zero-order valence-corrected chi connectivity index (χ0v) is 12.4. The van der Waals surface area contributed by atoms with E-state index in [1.54, 1.807) is 0 Å². The first-order valence-corrected chi connectivity index (χ1v) is 6.07. The monoisotopic (exact) mass is 297 g/mol. The quantitative estimate of drug-likeness (QED) is 0.384. The van der Waals surface area contributed by atoms with Gasteiger partial charge in [-0.2, -0.15) is 0 Å². The summed E-state index contributed by atoms with van der Waals surface area (Å²) >= 11 is 0. The number of aliphatic hydroxyl groups excluding tert-OH is 1. The fraction of sp³-hybridized carbons (Fsp3) is 0.833. The predicted molar refractivity (Wildman–Crippen MR) is 67.9 cm³/mol. The number of carboxylic acids is 1. The summed E-state index contributed by atoms with van der Waals surface area (Å²) in [5.74, 6) is -0.682. The van der Waals surface area contributed by atoms with Gasteiger partial charge in [0.05, 0.1) is 0 Å². The van der Waals surface area contributed by atoms with Crippen molar-refractivity contribution < 1.29 is 32.1 Å². The molecule has 0 aliphatic rings. The van der Waals surface area contributed by atoms with Crippen LogP contribution in [0.3, 0.4) is 0 Å². The Morgan fingerprint density at radius 3 is 2.00 bits per heavy atom. The second-order valence-electron chi connectivity index (χ2n) is 2.84. The summed E-state index contributed by atoms with van der Waals surface area (Å²) in [6, 6.07) is 0. The van der Waals surface area contributed by atoms with Crippen molar-refractivity contribution in [2.24, 2.45) is 0 Å². The molecule has 0 atom stereocenters. The van der Waals surface area contributed by atoms with Gasteiger partial charge in [0.25, 0.3) is 0 Å². The van der Waals surface area contributed by atoms with Crippen LogP contribution in [0.15, 0.2) is 0 Å². The molecule has 0 aliphatic heterocycles. The SMILES string of the molecule is CC.CCCCCC(=O)O.CCNC[CH-]O.[Cu+]. The number of hydrogen-bond donors (Lipinski definition) is 3. The minimum Gasteiger partial charge on any atom is -0.565 e. The van der Waals surface area contributed by atoms with E-state index in [-0.39, 0.29) is 17.1 Å². The van der Waals surface area contributed by atoms with Crippen molar-refractivity contribution in [3.8, 4) is 0 Å². The van der Waals surface area contributed by atoms with Crippen LogP contribution in [0, 0.1) is 6.61 Å². The number of carbonyl (C=O) groups is 1. The number of carboxylic acid groups (broad SMARTS) is 1. The van der Waals surface area contributed by atoms with E-state index in [4.69, 9.17) is 10.2 Å². The Morgan fingerprint density at radius 1 is 1.24 bits per heavy atom. The second kappa shape index (κ2) is 29.7. The van der Waals surface area contributed by atoms with Gasteiger partial charge in [0, 0.05) is 6.42 Å².